The Balaban J connectivity index is 2.21. The summed E-state index contributed by atoms with van der Waals surface area (Å²) in [6.07, 6.45) is 0.300. The summed E-state index contributed by atoms with van der Waals surface area (Å²) < 4.78 is 5.54. The van der Waals surface area contributed by atoms with Crippen LogP contribution in [0.1, 0.15) is 26.3 Å². The smallest absolute Gasteiger partial charge is 0.234 e. The second-order valence-corrected chi connectivity index (χ2v) is 5.32. The Morgan fingerprint density at radius 2 is 2.14 bits per heavy atom. The zero-order valence-corrected chi connectivity index (χ0v) is 13.1. The first kappa shape index (κ1) is 17.5. The minimum Gasteiger partial charge on any atom is -0.491 e. The molecule has 0 aliphatic carbocycles. The fraction of sp³-hybridized carbons (Fsp3) is 0.562. The predicted molar refractivity (Wildman–Crippen MR) is 83.5 cm³/mol. The summed E-state index contributed by atoms with van der Waals surface area (Å²) in [7, 11) is 0. The van der Waals surface area contributed by atoms with Crippen molar-refractivity contribution in [1.82, 2.24) is 10.6 Å². The first-order valence-corrected chi connectivity index (χ1v) is 7.41. The molecule has 0 saturated heterocycles. The zero-order valence-electron chi connectivity index (χ0n) is 13.1. The number of rotatable bonds is 9. The molecule has 0 aromatic heterocycles. The van der Waals surface area contributed by atoms with E-state index in [1.807, 2.05) is 38.1 Å². The van der Waals surface area contributed by atoms with Crippen molar-refractivity contribution in [3.8, 4) is 5.75 Å². The van der Waals surface area contributed by atoms with Gasteiger partial charge in [-0.1, -0.05) is 19.1 Å². The van der Waals surface area contributed by atoms with Crippen molar-refractivity contribution in [3.05, 3.63) is 29.8 Å². The van der Waals surface area contributed by atoms with Crippen LogP contribution in [0.2, 0.25) is 0 Å². The molecule has 1 aromatic carbocycles. The van der Waals surface area contributed by atoms with Gasteiger partial charge in [-0.05, 0) is 38.0 Å². The van der Waals surface area contributed by atoms with Crippen molar-refractivity contribution in [3.63, 3.8) is 0 Å². The summed E-state index contributed by atoms with van der Waals surface area (Å²) in [4.78, 5) is 11.4. The van der Waals surface area contributed by atoms with Crippen molar-refractivity contribution >= 4 is 5.91 Å². The predicted octanol–water partition coefficient (Wildman–Crippen LogP) is 1.10. The number of carbonyl (C=O) groups is 1. The van der Waals surface area contributed by atoms with Crippen molar-refractivity contribution in [2.24, 2.45) is 0 Å². The highest BCUT2D eigenvalue weighted by atomic mass is 16.5. The molecule has 118 valence electrons. The van der Waals surface area contributed by atoms with Crippen LogP contribution in [0.25, 0.3) is 0 Å². The van der Waals surface area contributed by atoms with Gasteiger partial charge >= 0.3 is 0 Å². The van der Waals surface area contributed by atoms with Gasteiger partial charge in [0.05, 0.1) is 6.54 Å². The minimum absolute atomic E-state index is 0.0752. The molecule has 0 spiro atoms. The molecule has 1 amide bonds. The first-order valence-electron chi connectivity index (χ1n) is 7.41. The van der Waals surface area contributed by atoms with Crippen molar-refractivity contribution in [2.75, 3.05) is 19.7 Å². The Bertz CT molecular complexity index is 435. The lowest BCUT2D eigenvalue weighted by atomic mass is 10.2. The van der Waals surface area contributed by atoms with Crippen molar-refractivity contribution < 1.29 is 14.6 Å². The van der Waals surface area contributed by atoms with Crippen LogP contribution >= 0.6 is 0 Å². The van der Waals surface area contributed by atoms with E-state index in [4.69, 9.17) is 4.74 Å². The molecular weight excluding hydrogens is 268 g/mol. The summed E-state index contributed by atoms with van der Waals surface area (Å²) in [5.74, 6) is 0.680. The maximum Gasteiger partial charge on any atom is 0.234 e. The summed E-state index contributed by atoms with van der Waals surface area (Å²) in [5, 5.41) is 15.5. The number of hydrogen-bond acceptors (Lipinski definition) is 4. The standard InChI is InChI=1S/C16H26N2O3/c1-4-13-6-5-7-15(8-13)21-11-14(19)9-17-10-16(20)18-12(2)3/h5-8,12,14,17,19H,4,9-11H2,1-3H3,(H,18,20). The van der Waals surface area contributed by atoms with E-state index in [-0.39, 0.29) is 25.1 Å². The van der Waals surface area contributed by atoms with Crippen LogP contribution in [0.5, 0.6) is 5.75 Å². The largest absolute Gasteiger partial charge is 0.491 e. The lowest BCUT2D eigenvalue weighted by Crippen LogP contribution is -2.41. The molecule has 5 heteroatoms. The van der Waals surface area contributed by atoms with Gasteiger partial charge in [0.2, 0.25) is 5.91 Å². The highest BCUT2D eigenvalue weighted by Crippen LogP contribution is 2.13. The van der Waals surface area contributed by atoms with E-state index in [9.17, 15) is 9.90 Å². The number of hydrogen-bond donors (Lipinski definition) is 3. The Labute approximate surface area is 126 Å². The van der Waals surface area contributed by atoms with Gasteiger partial charge < -0.3 is 20.5 Å². The van der Waals surface area contributed by atoms with Gasteiger partial charge in [0.15, 0.2) is 0 Å². The van der Waals surface area contributed by atoms with E-state index in [1.165, 1.54) is 5.56 Å². The molecule has 0 aliphatic heterocycles. The second kappa shape index (κ2) is 9.37. The Morgan fingerprint density at radius 1 is 1.38 bits per heavy atom. The highest BCUT2D eigenvalue weighted by molar-refractivity contribution is 5.78. The molecule has 0 aliphatic rings. The number of amides is 1. The van der Waals surface area contributed by atoms with E-state index < -0.39 is 6.10 Å². The SMILES string of the molecule is CCc1cccc(OCC(O)CNCC(=O)NC(C)C)c1. The molecule has 0 heterocycles. The van der Waals surface area contributed by atoms with E-state index in [2.05, 4.69) is 17.6 Å². The van der Waals surface area contributed by atoms with Gasteiger partial charge in [-0.15, -0.1) is 0 Å². The van der Waals surface area contributed by atoms with Crippen molar-refractivity contribution in [1.29, 1.82) is 0 Å². The molecule has 0 radical (unpaired) electrons. The number of carbonyl (C=O) groups excluding carboxylic acids is 1. The molecule has 0 fully saturated rings. The topological polar surface area (TPSA) is 70.6 Å². The lowest BCUT2D eigenvalue weighted by molar-refractivity contribution is -0.120. The second-order valence-electron chi connectivity index (χ2n) is 5.32. The van der Waals surface area contributed by atoms with Crippen molar-refractivity contribution in [2.45, 2.75) is 39.3 Å². The molecule has 1 unspecified atom stereocenters. The van der Waals surface area contributed by atoms with Crippen LogP contribution in [0.15, 0.2) is 24.3 Å². The Morgan fingerprint density at radius 3 is 2.81 bits per heavy atom. The fourth-order valence-electron chi connectivity index (χ4n) is 1.83. The third-order valence-corrected chi connectivity index (χ3v) is 2.86. The highest BCUT2D eigenvalue weighted by Gasteiger charge is 2.07. The number of ether oxygens (including phenoxy) is 1. The first-order chi connectivity index (χ1) is 10.0. The monoisotopic (exact) mass is 294 g/mol. The van der Waals surface area contributed by atoms with Crippen LogP contribution in [0, 0.1) is 0 Å². The number of aliphatic hydroxyl groups is 1. The van der Waals surface area contributed by atoms with E-state index >= 15 is 0 Å². The molecule has 1 aromatic rings. The third kappa shape index (κ3) is 7.68. The number of benzene rings is 1. The lowest BCUT2D eigenvalue weighted by Gasteiger charge is -2.14. The van der Waals surface area contributed by atoms with Crippen LogP contribution in [0.3, 0.4) is 0 Å². The molecular formula is C16H26N2O3. The fourth-order valence-corrected chi connectivity index (χ4v) is 1.83. The molecule has 21 heavy (non-hydrogen) atoms. The molecule has 5 nitrogen and oxygen atoms in total. The van der Waals surface area contributed by atoms with E-state index in [0.29, 0.717) is 6.54 Å². The van der Waals surface area contributed by atoms with Gasteiger partial charge in [0.25, 0.3) is 0 Å². The number of nitrogens with one attached hydrogen (secondary N) is 2. The van der Waals surface area contributed by atoms with Gasteiger partial charge in [0.1, 0.15) is 18.5 Å². The quantitative estimate of drug-likeness (QED) is 0.638. The summed E-state index contributed by atoms with van der Waals surface area (Å²) in [5.41, 5.74) is 1.20. The van der Waals surface area contributed by atoms with Crippen LogP contribution in [0.4, 0.5) is 0 Å². The van der Waals surface area contributed by atoms with Crippen LogP contribution < -0.4 is 15.4 Å². The molecule has 3 N–H and O–H groups in total. The van der Waals surface area contributed by atoms with E-state index in [1.54, 1.807) is 0 Å². The van der Waals surface area contributed by atoms with Gasteiger partial charge in [-0.25, -0.2) is 0 Å². The molecule has 0 bridgehead atoms. The van der Waals surface area contributed by atoms with Crippen LogP contribution in [-0.4, -0.2) is 42.9 Å². The van der Waals surface area contributed by atoms with Gasteiger partial charge in [0, 0.05) is 12.6 Å². The summed E-state index contributed by atoms with van der Waals surface area (Å²) >= 11 is 0. The zero-order chi connectivity index (χ0) is 15.7. The molecule has 1 atom stereocenters. The van der Waals surface area contributed by atoms with E-state index in [0.717, 1.165) is 12.2 Å². The summed E-state index contributed by atoms with van der Waals surface area (Å²) in [6.45, 7) is 6.61. The molecule has 1 rings (SSSR count). The Hall–Kier alpha value is -1.59. The number of aryl methyl sites for hydroxylation is 1. The Kier molecular flexibility index (Phi) is 7.79. The maximum absolute atomic E-state index is 11.4. The third-order valence-electron chi connectivity index (χ3n) is 2.86. The summed E-state index contributed by atoms with van der Waals surface area (Å²) in [6, 6.07) is 7.94. The number of aliphatic hydroxyl groups excluding tert-OH is 1. The van der Waals surface area contributed by atoms with Crippen LogP contribution in [-0.2, 0) is 11.2 Å². The van der Waals surface area contributed by atoms with Gasteiger partial charge in [-0.3, -0.25) is 4.79 Å². The normalized spacial score (nSPS) is 12.2. The maximum atomic E-state index is 11.4. The minimum atomic E-state index is -0.651. The molecule has 0 saturated carbocycles. The average Bonchev–Trinajstić information content (AvgIpc) is 2.44. The van der Waals surface area contributed by atoms with Gasteiger partial charge in [-0.2, -0.15) is 0 Å². The average molecular weight is 294 g/mol.